The first kappa shape index (κ1) is 23.6. The van der Waals surface area contributed by atoms with Crippen molar-refractivity contribution in [2.75, 3.05) is 0 Å². The summed E-state index contributed by atoms with van der Waals surface area (Å²) >= 11 is 0. The first-order chi connectivity index (χ1) is 13.9. The summed E-state index contributed by atoms with van der Waals surface area (Å²) in [7, 11) is -1.16. The van der Waals surface area contributed by atoms with Crippen molar-refractivity contribution in [2.24, 2.45) is 0 Å². The second-order valence-corrected chi connectivity index (χ2v) is 8.51. The SMILES string of the molecule is CC1(C)OB(c2cn(CC(O)(C(F)(F)F)C(F)(F)F)c(=O)c3ccccc23)OC1(C)C. The highest BCUT2D eigenvalue weighted by Gasteiger charge is 2.70. The maximum absolute atomic E-state index is 13.2. The molecule has 1 saturated heterocycles. The molecule has 0 spiro atoms. The van der Waals surface area contributed by atoms with Crippen LogP contribution in [-0.2, 0) is 15.9 Å². The summed E-state index contributed by atoms with van der Waals surface area (Å²) in [6, 6.07) is 5.73. The summed E-state index contributed by atoms with van der Waals surface area (Å²) in [6.45, 7) is 4.80. The zero-order valence-corrected chi connectivity index (χ0v) is 17.1. The molecule has 0 atom stereocenters. The third-order valence-electron chi connectivity index (χ3n) is 5.87. The number of aliphatic hydroxyl groups is 1. The maximum Gasteiger partial charge on any atom is 0.496 e. The van der Waals surface area contributed by atoms with Crippen molar-refractivity contribution in [3.63, 3.8) is 0 Å². The molecule has 0 bridgehead atoms. The van der Waals surface area contributed by atoms with Gasteiger partial charge in [0.25, 0.3) is 11.2 Å². The van der Waals surface area contributed by atoms with Crippen molar-refractivity contribution in [3.8, 4) is 0 Å². The molecule has 3 rings (SSSR count). The van der Waals surface area contributed by atoms with E-state index in [1.165, 1.54) is 18.2 Å². The normalized spacial score (nSPS) is 19.3. The van der Waals surface area contributed by atoms with E-state index in [9.17, 15) is 36.2 Å². The van der Waals surface area contributed by atoms with E-state index >= 15 is 0 Å². The summed E-state index contributed by atoms with van der Waals surface area (Å²) in [5, 5.41) is 9.70. The number of aromatic nitrogens is 1. The van der Waals surface area contributed by atoms with Gasteiger partial charge < -0.3 is 19.0 Å². The molecule has 170 valence electrons. The van der Waals surface area contributed by atoms with Gasteiger partial charge in [-0.15, -0.1) is 0 Å². The predicted octanol–water partition coefficient (Wildman–Crippen LogP) is 3.16. The average Bonchev–Trinajstić information content (AvgIpc) is 2.82. The Balaban J connectivity index is 2.22. The Bertz CT molecular complexity index is 1030. The number of hydrogen-bond acceptors (Lipinski definition) is 4. The topological polar surface area (TPSA) is 60.7 Å². The molecule has 5 nitrogen and oxygen atoms in total. The molecule has 0 radical (unpaired) electrons. The van der Waals surface area contributed by atoms with E-state index < -0.39 is 48.4 Å². The van der Waals surface area contributed by atoms with Crippen molar-refractivity contribution < 1.29 is 40.8 Å². The highest BCUT2D eigenvalue weighted by Crippen LogP contribution is 2.44. The van der Waals surface area contributed by atoms with Gasteiger partial charge in [-0.2, -0.15) is 26.3 Å². The number of alkyl halides is 6. The number of fused-ring (bicyclic) bond motifs is 1. The second-order valence-electron chi connectivity index (χ2n) is 8.51. The lowest BCUT2D eigenvalue weighted by molar-refractivity contribution is -0.372. The molecular weight excluding hydrogens is 431 g/mol. The van der Waals surface area contributed by atoms with Gasteiger partial charge in [0, 0.05) is 17.0 Å². The first-order valence-corrected chi connectivity index (χ1v) is 9.25. The maximum atomic E-state index is 13.2. The lowest BCUT2D eigenvalue weighted by atomic mass is 9.77. The molecule has 0 amide bonds. The van der Waals surface area contributed by atoms with Crippen LogP contribution in [0.3, 0.4) is 0 Å². The molecule has 0 aliphatic carbocycles. The van der Waals surface area contributed by atoms with Crippen LogP contribution >= 0.6 is 0 Å². The summed E-state index contributed by atoms with van der Waals surface area (Å²) in [5.74, 6) is 0. The Morgan fingerprint density at radius 1 is 0.935 bits per heavy atom. The van der Waals surface area contributed by atoms with E-state index in [0.29, 0.717) is 0 Å². The summed E-state index contributed by atoms with van der Waals surface area (Å²) in [6.07, 6.45) is -11.3. The molecule has 12 heteroatoms. The summed E-state index contributed by atoms with van der Waals surface area (Å²) in [5.41, 5.74) is -7.88. The van der Waals surface area contributed by atoms with Gasteiger partial charge in [0.05, 0.1) is 17.7 Å². The highest BCUT2D eigenvalue weighted by atomic mass is 19.4. The van der Waals surface area contributed by atoms with Gasteiger partial charge in [-0.05, 0) is 39.1 Å². The number of pyridine rings is 1. The fraction of sp³-hybridized carbons (Fsp3) is 0.526. The zero-order chi connectivity index (χ0) is 23.6. The Labute approximate surface area is 173 Å². The number of benzene rings is 1. The Kier molecular flexibility index (Phi) is 5.31. The van der Waals surface area contributed by atoms with Crippen LogP contribution in [0.15, 0.2) is 35.3 Å². The summed E-state index contributed by atoms with van der Waals surface area (Å²) in [4.78, 5) is 12.7. The molecule has 1 aliphatic heterocycles. The van der Waals surface area contributed by atoms with Crippen molar-refractivity contribution in [3.05, 3.63) is 40.8 Å². The Hall–Kier alpha value is -2.05. The van der Waals surface area contributed by atoms with E-state index in [4.69, 9.17) is 9.31 Å². The lowest BCUT2D eigenvalue weighted by Crippen LogP contribution is -2.60. The van der Waals surface area contributed by atoms with E-state index in [-0.39, 0.29) is 20.8 Å². The van der Waals surface area contributed by atoms with Crippen LogP contribution in [0.5, 0.6) is 0 Å². The van der Waals surface area contributed by atoms with Gasteiger partial charge in [0.1, 0.15) is 0 Å². The monoisotopic (exact) mass is 451 g/mol. The van der Waals surface area contributed by atoms with Crippen LogP contribution in [0.2, 0.25) is 0 Å². The van der Waals surface area contributed by atoms with Gasteiger partial charge in [-0.1, -0.05) is 18.2 Å². The van der Waals surface area contributed by atoms with Crippen molar-refractivity contribution >= 4 is 23.4 Å². The molecule has 2 heterocycles. The molecule has 0 unspecified atom stereocenters. The predicted molar refractivity (Wildman–Crippen MR) is 101 cm³/mol. The molecule has 1 aliphatic rings. The Morgan fingerprint density at radius 3 is 1.84 bits per heavy atom. The van der Waals surface area contributed by atoms with Crippen molar-refractivity contribution in [1.29, 1.82) is 0 Å². The van der Waals surface area contributed by atoms with Crippen molar-refractivity contribution in [1.82, 2.24) is 4.57 Å². The quantitative estimate of drug-likeness (QED) is 0.576. The van der Waals surface area contributed by atoms with E-state index in [1.54, 1.807) is 33.8 Å². The molecule has 31 heavy (non-hydrogen) atoms. The van der Waals surface area contributed by atoms with Gasteiger partial charge in [-0.25, -0.2) is 0 Å². The fourth-order valence-electron chi connectivity index (χ4n) is 3.23. The third kappa shape index (κ3) is 3.74. The smallest absolute Gasteiger partial charge is 0.399 e. The van der Waals surface area contributed by atoms with Crippen LogP contribution in [0.25, 0.3) is 10.8 Å². The zero-order valence-electron chi connectivity index (χ0n) is 17.1. The van der Waals surface area contributed by atoms with Gasteiger partial charge >= 0.3 is 19.5 Å². The highest BCUT2D eigenvalue weighted by molar-refractivity contribution is 6.65. The van der Waals surface area contributed by atoms with Gasteiger partial charge in [0.15, 0.2) is 0 Å². The number of halogens is 6. The van der Waals surface area contributed by atoms with Crippen LogP contribution in [-0.4, -0.2) is 45.9 Å². The molecule has 2 aromatic rings. The summed E-state index contributed by atoms with van der Waals surface area (Å²) < 4.78 is 91.2. The molecule has 1 fully saturated rings. The van der Waals surface area contributed by atoms with Gasteiger partial charge in [0.2, 0.25) is 0 Å². The molecule has 0 saturated carbocycles. The van der Waals surface area contributed by atoms with Crippen LogP contribution in [0.1, 0.15) is 27.7 Å². The number of nitrogens with zero attached hydrogens (tertiary/aromatic N) is 1. The third-order valence-corrected chi connectivity index (χ3v) is 5.87. The largest absolute Gasteiger partial charge is 0.496 e. The molecular formula is C19H20BF6NO4. The fourth-order valence-corrected chi connectivity index (χ4v) is 3.23. The second kappa shape index (κ2) is 6.98. The number of hydrogen-bond donors (Lipinski definition) is 1. The van der Waals surface area contributed by atoms with Crippen LogP contribution in [0.4, 0.5) is 26.3 Å². The first-order valence-electron chi connectivity index (χ1n) is 9.25. The average molecular weight is 451 g/mol. The molecule has 1 N–H and O–H groups in total. The van der Waals surface area contributed by atoms with Gasteiger partial charge in [-0.3, -0.25) is 4.79 Å². The lowest BCUT2D eigenvalue weighted by Gasteiger charge is -2.33. The van der Waals surface area contributed by atoms with E-state index in [0.717, 1.165) is 6.20 Å². The van der Waals surface area contributed by atoms with Crippen LogP contribution < -0.4 is 11.0 Å². The van der Waals surface area contributed by atoms with Crippen LogP contribution in [0, 0.1) is 0 Å². The van der Waals surface area contributed by atoms with Crippen molar-refractivity contribution in [2.45, 2.75) is 63.4 Å². The van der Waals surface area contributed by atoms with E-state index in [2.05, 4.69) is 0 Å². The standard InChI is InChI=1S/C19H20BF6NO4/c1-15(2)16(3,4)31-20(30-15)13-9-27(14(28)12-8-6-5-7-11(12)13)10-17(29,18(21,22)23)19(24,25)26/h5-9,29H,10H2,1-4H3. The van der Waals surface area contributed by atoms with E-state index in [1.807, 2.05) is 0 Å². The Morgan fingerprint density at radius 2 is 1.39 bits per heavy atom. The minimum Gasteiger partial charge on any atom is -0.399 e. The minimum absolute atomic E-state index is 0.0700. The minimum atomic E-state index is -6.07. The number of rotatable bonds is 3. The molecule has 1 aromatic carbocycles. The molecule has 1 aromatic heterocycles.